The Balaban J connectivity index is 1.34. The van der Waals surface area contributed by atoms with Gasteiger partial charge in [0.05, 0.1) is 11.9 Å². The van der Waals surface area contributed by atoms with Crippen LogP contribution in [0, 0.1) is 6.92 Å². The number of aryl methyl sites for hydroxylation is 1. The summed E-state index contributed by atoms with van der Waals surface area (Å²) >= 11 is 0. The number of ether oxygens (including phenoxy) is 1. The number of carbonyl (C=O) groups excluding carboxylic acids is 1. The highest BCUT2D eigenvalue weighted by Gasteiger charge is 2.17. The highest BCUT2D eigenvalue weighted by molar-refractivity contribution is 5.81. The number of H-pyrrole nitrogens is 1. The van der Waals surface area contributed by atoms with Crippen LogP contribution < -0.4 is 5.73 Å². The molecular weight excluding hydrogens is 354 g/mol. The highest BCUT2D eigenvalue weighted by Crippen LogP contribution is 2.16. The van der Waals surface area contributed by atoms with Crippen LogP contribution in [0.25, 0.3) is 16.6 Å². The van der Waals surface area contributed by atoms with Crippen LogP contribution in [0.15, 0.2) is 60.8 Å². The molecule has 4 rings (SSSR count). The molecule has 7 nitrogen and oxygen atoms in total. The van der Waals surface area contributed by atoms with E-state index in [0.29, 0.717) is 12.1 Å². The number of aromatic nitrogens is 4. The molecule has 0 saturated heterocycles. The minimum absolute atomic E-state index is 0.0328. The van der Waals surface area contributed by atoms with E-state index in [4.69, 9.17) is 10.5 Å². The van der Waals surface area contributed by atoms with Gasteiger partial charge in [0.2, 0.25) is 0 Å². The summed E-state index contributed by atoms with van der Waals surface area (Å²) in [6, 6.07) is 17.1. The van der Waals surface area contributed by atoms with Gasteiger partial charge in [0, 0.05) is 17.6 Å². The van der Waals surface area contributed by atoms with E-state index in [1.807, 2.05) is 61.5 Å². The van der Waals surface area contributed by atoms with Gasteiger partial charge in [-0.15, -0.1) is 5.10 Å². The fraction of sp³-hybridized carbons (Fsp3) is 0.190. The van der Waals surface area contributed by atoms with Crippen molar-refractivity contribution >= 4 is 16.9 Å². The number of benzene rings is 2. The van der Waals surface area contributed by atoms with Gasteiger partial charge in [-0.3, -0.25) is 4.79 Å². The molecule has 0 saturated carbocycles. The molecule has 2 aromatic heterocycles. The van der Waals surface area contributed by atoms with E-state index >= 15 is 0 Å². The first-order chi connectivity index (χ1) is 13.6. The molecule has 28 heavy (non-hydrogen) atoms. The van der Waals surface area contributed by atoms with E-state index in [0.717, 1.165) is 22.3 Å². The third kappa shape index (κ3) is 3.94. The Labute approximate surface area is 162 Å². The minimum Gasteiger partial charge on any atom is -0.458 e. The van der Waals surface area contributed by atoms with E-state index in [2.05, 4.69) is 15.3 Å². The standard InChI is InChI=1S/C21H21N5O2/c1-14-6-8-18(9-7-14)26-12-17(24-25-26)13-28-21(27)19(22)11-16-10-15-4-2-3-5-20(15)23-16/h2-10,12,19,23H,11,13,22H2,1H3/t19-/m0/s1. The first kappa shape index (κ1) is 17.9. The zero-order chi connectivity index (χ0) is 19.5. The van der Waals surface area contributed by atoms with Gasteiger partial charge < -0.3 is 15.5 Å². The molecule has 142 valence electrons. The lowest BCUT2D eigenvalue weighted by molar-refractivity contribution is -0.146. The van der Waals surface area contributed by atoms with Crippen molar-refractivity contribution in [1.29, 1.82) is 0 Å². The zero-order valence-corrected chi connectivity index (χ0v) is 15.5. The molecule has 2 heterocycles. The third-order valence-electron chi connectivity index (χ3n) is 4.53. The van der Waals surface area contributed by atoms with Gasteiger partial charge >= 0.3 is 5.97 Å². The van der Waals surface area contributed by atoms with Gasteiger partial charge in [-0.2, -0.15) is 0 Å². The maximum atomic E-state index is 12.2. The number of nitrogens with one attached hydrogen (secondary N) is 1. The molecule has 0 aliphatic rings. The number of rotatable bonds is 6. The van der Waals surface area contributed by atoms with Gasteiger partial charge in [0.15, 0.2) is 0 Å². The molecule has 3 N–H and O–H groups in total. The van der Waals surface area contributed by atoms with Crippen molar-refractivity contribution < 1.29 is 9.53 Å². The van der Waals surface area contributed by atoms with Gasteiger partial charge in [-0.25, -0.2) is 4.68 Å². The van der Waals surface area contributed by atoms with Crippen LogP contribution in [-0.4, -0.2) is 32.0 Å². The van der Waals surface area contributed by atoms with Gasteiger partial charge in [-0.1, -0.05) is 41.1 Å². The van der Waals surface area contributed by atoms with Crippen molar-refractivity contribution in [2.75, 3.05) is 0 Å². The van der Waals surface area contributed by atoms with E-state index in [1.54, 1.807) is 10.9 Å². The van der Waals surface area contributed by atoms with Crippen LogP contribution in [0.4, 0.5) is 0 Å². The number of hydrogen-bond acceptors (Lipinski definition) is 5. The molecule has 0 radical (unpaired) electrons. The number of esters is 1. The van der Waals surface area contributed by atoms with E-state index in [9.17, 15) is 4.79 Å². The summed E-state index contributed by atoms with van der Waals surface area (Å²) in [5, 5.41) is 9.21. The fourth-order valence-corrected chi connectivity index (χ4v) is 3.00. The van der Waals surface area contributed by atoms with Gasteiger partial charge in [0.1, 0.15) is 18.3 Å². The Kier molecular flexibility index (Phi) is 4.90. The van der Waals surface area contributed by atoms with E-state index < -0.39 is 12.0 Å². The van der Waals surface area contributed by atoms with Crippen molar-refractivity contribution in [2.45, 2.75) is 26.0 Å². The van der Waals surface area contributed by atoms with Crippen molar-refractivity contribution in [3.05, 3.63) is 77.7 Å². The van der Waals surface area contributed by atoms with E-state index in [1.165, 1.54) is 5.56 Å². The highest BCUT2D eigenvalue weighted by atomic mass is 16.5. The van der Waals surface area contributed by atoms with Crippen LogP contribution in [0.1, 0.15) is 17.0 Å². The molecule has 7 heteroatoms. The monoisotopic (exact) mass is 375 g/mol. The molecular formula is C21H21N5O2. The lowest BCUT2D eigenvalue weighted by Gasteiger charge is -2.09. The molecule has 1 atom stereocenters. The summed E-state index contributed by atoms with van der Waals surface area (Å²) in [5.74, 6) is -0.469. The largest absolute Gasteiger partial charge is 0.458 e. The number of nitrogens with two attached hydrogens (primary N) is 1. The summed E-state index contributed by atoms with van der Waals surface area (Å²) in [6.07, 6.45) is 2.12. The molecule has 0 spiro atoms. The summed E-state index contributed by atoms with van der Waals surface area (Å²) in [5.41, 5.74) is 10.6. The minimum atomic E-state index is -0.750. The Morgan fingerprint density at radius 2 is 2.00 bits per heavy atom. The first-order valence-electron chi connectivity index (χ1n) is 9.05. The van der Waals surface area contributed by atoms with Crippen molar-refractivity contribution in [3.8, 4) is 5.69 Å². The number of para-hydroxylation sites is 1. The second-order valence-electron chi connectivity index (χ2n) is 6.79. The Bertz CT molecular complexity index is 1060. The number of hydrogen-bond donors (Lipinski definition) is 2. The molecule has 0 bridgehead atoms. The average molecular weight is 375 g/mol. The topological polar surface area (TPSA) is 98.8 Å². The molecule has 4 aromatic rings. The molecule has 0 aliphatic heterocycles. The summed E-state index contributed by atoms with van der Waals surface area (Å²) < 4.78 is 6.96. The van der Waals surface area contributed by atoms with Crippen molar-refractivity contribution in [3.63, 3.8) is 0 Å². The quantitative estimate of drug-likeness (QED) is 0.505. The number of aromatic amines is 1. The Morgan fingerprint density at radius 1 is 1.21 bits per heavy atom. The Morgan fingerprint density at radius 3 is 2.79 bits per heavy atom. The van der Waals surface area contributed by atoms with Gasteiger partial charge in [0.25, 0.3) is 0 Å². The summed E-state index contributed by atoms with van der Waals surface area (Å²) in [4.78, 5) is 15.5. The molecule has 0 fully saturated rings. The molecule has 2 aromatic carbocycles. The van der Waals surface area contributed by atoms with Crippen LogP contribution in [0.2, 0.25) is 0 Å². The van der Waals surface area contributed by atoms with Crippen LogP contribution in [-0.2, 0) is 22.6 Å². The lowest BCUT2D eigenvalue weighted by atomic mass is 10.1. The smallest absolute Gasteiger partial charge is 0.323 e. The number of carbonyl (C=O) groups is 1. The first-order valence-corrected chi connectivity index (χ1v) is 9.05. The molecule has 0 unspecified atom stereocenters. The van der Waals surface area contributed by atoms with Crippen LogP contribution >= 0.6 is 0 Å². The maximum Gasteiger partial charge on any atom is 0.323 e. The molecule has 0 aliphatic carbocycles. The molecule has 0 amide bonds. The average Bonchev–Trinajstić information content (AvgIpc) is 3.33. The fourth-order valence-electron chi connectivity index (χ4n) is 3.00. The summed E-state index contributed by atoms with van der Waals surface area (Å²) in [6.45, 7) is 2.06. The second-order valence-corrected chi connectivity index (χ2v) is 6.79. The zero-order valence-electron chi connectivity index (χ0n) is 15.5. The second kappa shape index (κ2) is 7.66. The number of nitrogens with zero attached hydrogens (tertiary/aromatic N) is 3. The van der Waals surface area contributed by atoms with Crippen LogP contribution in [0.3, 0.4) is 0 Å². The normalized spacial score (nSPS) is 12.2. The Hall–Kier alpha value is -3.45. The number of fused-ring (bicyclic) bond motifs is 1. The summed E-state index contributed by atoms with van der Waals surface area (Å²) in [7, 11) is 0. The van der Waals surface area contributed by atoms with Crippen LogP contribution in [0.5, 0.6) is 0 Å². The predicted octanol–water partition coefficient (Wildman–Crippen LogP) is 2.67. The third-order valence-corrected chi connectivity index (χ3v) is 4.53. The maximum absolute atomic E-state index is 12.2. The van der Waals surface area contributed by atoms with Crippen molar-refractivity contribution in [2.24, 2.45) is 5.73 Å². The van der Waals surface area contributed by atoms with Gasteiger partial charge in [-0.05, 0) is 36.6 Å². The van der Waals surface area contributed by atoms with E-state index in [-0.39, 0.29) is 6.61 Å². The van der Waals surface area contributed by atoms with Crippen molar-refractivity contribution in [1.82, 2.24) is 20.0 Å². The predicted molar refractivity (Wildman–Crippen MR) is 106 cm³/mol. The lowest BCUT2D eigenvalue weighted by Crippen LogP contribution is -2.34. The SMILES string of the molecule is Cc1ccc(-n2cc(COC(=O)[C@@H](N)Cc3cc4ccccc4[nH]3)nn2)cc1.